The highest BCUT2D eigenvalue weighted by Crippen LogP contribution is 2.53. The standard InChI is InChI=1S/C18H23NO3/c1-19-7-6-18-5-4-15(21)8-14(18)11-22-17-13(10-20)3-2-12(9-19)16(17)18/h2-5,14-15,20-21H,6-11H2,1H3/t14-,15?,18+/m1/s1. The van der Waals surface area contributed by atoms with E-state index >= 15 is 0 Å². The van der Waals surface area contributed by atoms with Gasteiger partial charge in [0.15, 0.2) is 0 Å². The van der Waals surface area contributed by atoms with Gasteiger partial charge in [-0.3, -0.25) is 0 Å². The van der Waals surface area contributed by atoms with Gasteiger partial charge in [0.1, 0.15) is 5.75 Å². The van der Waals surface area contributed by atoms with E-state index in [9.17, 15) is 10.2 Å². The Morgan fingerprint density at radius 1 is 1.41 bits per heavy atom. The third kappa shape index (κ3) is 1.94. The minimum absolute atomic E-state index is 0.00549. The van der Waals surface area contributed by atoms with Crippen LogP contribution in [-0.4, -0.2) is 41.4 Å². The van der Waals surface area contributed by atoms with Gasteiger partial charge in [-0.05, 0) is 32.0 Å². The Balaban J connectivity index is 1.97. The van der Waals surface area contributed by atoms with Gasteiger partial charge in [0.25, 0.3) is 0 Å². The molecule has 2 heterocycles. The molecule has 4 nitrogen and oxygen atoms in total. The lowest BCUT2D eigenvalue weighted by atomic mass is 9.61. The number of hydrogen-bond donors (Lipinski definition) is 2. The van der Waals surface area contributed by atoms with Gasteiger partial charge >= 0.3 is 0 Å². The zero-order valence-corrected chi connectivity index (χ0v) is 13.0. The highest BCUT2D eigenvalue weighted by Gasteiger charge is 2.48. The zero-order valence-electron chi connectivity index (χ0n) is 13.0. The zero-order chi connectivity index (χ0) is 15.3. The Hall–Kier alpha value is -1.36. The summed E-state index contributed by atoms with van der Waals surface area (Å²) in [6.07, 6.45) is 5.59. The first-order chi connectivity index (χ1) is 10.6. The van der Waals surface area contributed by atoms with E-state index in [4.69, 9.17) is 4.74 Å². The van der Waals surface area contributed by atoms with E-state index < -0.39 is 0 Å². The molecule has 1 aromatic carbocycles. The van der Waals surface area contributed by atoms with Crippen LogP contribution in [0.4, 0.5) is 0 Å². The van der Waals surface area contributed by atoms with E-state index in [1.54, 1.807) is 0 Å². The number of allylic oxidation sites excluding steroid dienone is 1. The maximum absolute atomic E-state index is 10.0. The molecule has 0 radical (unpaired) electrons. The molecule has 0 saturated carbocycles. The van der Waals surface area contributed by atoms with Crippen molar-refractivity contribution < 1.29 is 14.9 Å². The van der Waals surface area contributed by atoms with Crippen molar-refractivity contribution >= 4 is 0 Å². The average Bonchev–Trinajstić information content (AvgIpc) is 2.66. The Bertz CT molecular complexity index is 627. The second-order valence-electron chi connectivity index (χ2n) is 6.94. The predicted molar refractivity (Wildman–Crippen MR) is 83.7 cm³/mol. The SMILES string of the molecule is CN1CC[C@@]23C=CC(O)C[C@@H]2COc2c(CO)ccc(c23)C1. The van der Waals surface area contributed by atoms with Crippen molar-refractivity contribution in [1.29, 1.82) is 0 Å². The van der Waals surface area contributed by atoms with E-state index in [1.807, 2.05) is 12.1 Å². The molecule has 0 saturated heterocycles. The molecule has 1 aromatic rings. The molecule has 0 aromatic heterocycles. The molecule has 0 bridgehead atoms. The fourth-order valence-electron chi connectivity index (χ4n) is 4.44. The van der Waals surface area contributed by atoms with Gasteiger partial charge in [-0.2, -0.15) is 0 Å². The summed E-state index contributed by atoms with van der Waals surface area (Å²) >= 11 is 0. The van der Waals surface area contributed by atoms with E-state index in [0.717, 1.165) is 37.2 Å². The highest BCUT2D eigenvalue weighted by molar-refractivity contribution is 5.55. The lowest BCUT2D eigenvalue weighted by molar-refractivity contribution is 0.0811. The largest absolute Gasteiger partial charge is 0.493 e. The van der Waals surface area contributed by atoms with Crippen LogP contribution in [-0.2, 0) is 18.6 Å². The lowest BCUT2D eigenvalue weighted by Gasteiger charge is -2.47. The molecule has 2 aliphatic heterocycles. The van der Waals surface area contributed by atoms with Gasteiger partial charge in [-0.25, -0.2) is 0 Å². The first-order valence-corrected chi connectivity index (χ1v) is 8.09. The lowest BCUT2D eigenvalue weighted by Crippen LogP contribution is -2.46. The van der Waals surface area contributed by atoms with E-state index in [1.165, 1.54) is 11.1 Å². The molecule has 118 valence electrons. The fourth-order valence-corrected chi connectivity index (χ4v) is 4.44. The van der Waals surface area contributed by atoms with Gasteiger partial charge in [0.05, 0.1) is 19.3 Å². The summed E-state index contributed by atoms with van der Waals surface area (Å²) in [5.41, 5.74) is 3.36. The van der Waals surface area contributed by atoms with Crippen molar-refractivity contribution in [3.05, 3.63) is 41.0 Å². The first-order valence-electron chi connectivity index (χ1n) is 8.09. The van der Waals surface area contributed by atoms with Crippen LogP contribution in [0.15, 0.2) is 24.3 Å². The summed E-state index contributed by atoms with van der Waals surface area (Å²) < 4.78 is 6.07. The summed E-state index contributed by atoms with van der Waals surface area (Å²) in [7, 11) is 2.15. The Morgan fingerprint density at radius 2 is 2.27 bits per heavy atom. The van der Waals surface area contributed by atoms with Crippen LogP contribution in [0.25, 0.3) is 0 Å². The molecule has 22 heavy (non-hydrogen) atoms. The third-order valence-corrected chi connectivity index (χ3v) is 5.61. The molecule has 1 aliphatic carbocycles. The maximum Gasteiger partial charge on any atom is 0.129 e. The summed E-state index contributed by atoms with van der Waals surface area (Å²) in [5, 5.41) is 19.7. The summed E-state index contributed by atoms with van der Waals surface area (Å²) in [5.74, 6) is 1.19. The highest BCUT2D eigenvalue weighted by atomic mass is 16.5. The molecule has 2 N–H and O–H groups in total. The predicted octanol–water partition coefficient (Wildman–Crippen LogP) is 1.58. The monoisotopic (exact) mass is 301 g/mol. The van der Waals surface area contributed by atoms with Crippen molar-refractivity contribution in [2.45, 2.75) is 37.5 Å². The molecule has 4 rings (SSSR count). The summed E-state index contributed by atoms with van der Waals surface area (Å²) in [6.45, 7) is 2.56. The van der Waals surface area contributed by atoms with Gasteiger partial charge in [-0.15, -0.1) is 0 Å². The van der Waals surface area contributed by atoms with Crippen molar-refractivity contribution in [3.8, 4) is 5.75 Å². The topological polar surface area (TPSA) is 52.9 Å². The second kappa shape index (κ2) is 5.08. The number of hydrogen-bond acceptors (Lipinski definition) is 4. The molecular weight excluding hydrogens is 278 g/mol. The Labute approximate surface area is 131 Å². The first kappa shape index (κ1) is 14.2. The van der Waals surface area contributed by atoms with Crippen LogP contribution >= 0.6 is 0 Å². The smallest absolute Gasteiger partial charge is 0.129 e. The summed E-state index contributed by atoms with van der Waals surface area (Å²) in [4.78, 5) is 2.34. The van der Waals surface area contributed by atoms with Crippen LogP contribution in [0.2, 0.25) is 0 Å². The van der Waals surface area contributed by atoms with Crippen LogP contribution in [0, 0.1) is 5.92 Å². The molecule has 3 atom stereocenters. The second-order valence-corrected chi connectivity index (χ2v) is 6.94. The molecule has 1 spiro atoms. The number of ether oxygens (including phenoxy) is 1. The Morgan fingerprint density at radius 3 is 3.09 bits per heavy atom. The van der Waals surface area contributed by atoms with Gasteiger partial charge < -0.3 is 19.8 Å². The number of benzene rings is 1. The number of nitrogens with zero attached hydrogens (tertiary/aromatic N) is 1. The maximum atomic E-state index is 10.0. The minimum Gasteiger partial charge on any atom is -0.493 e. The van der Waals surface area contributed by atoms with Crippen molar-refractivity contribution in [2.24, 2.45) is 5.92 Å². The fraction of sp³-hybridized carbons (Fsp3) is 0.556. The number of aliphatic hydroxyl groups is 2. The normalized spacial score (nSPS) is 33.6. The third-order valence-electron chi connectivity index (χ3n) is 5.61. The van der Waals surface area contributed by atoms with Gasteiger partial charge in [0.2, 0.25) is 0 Å². The molecule has 0 amide bonds. The molecule has 1 unspecified atom stereocenters. The van der Waals surface area contributed by atoms with Crippen molar-refractivity contribution in [2.75, 3.05) is 20.2 Å². The Kier molecular flexibility index (Phi) is 3.29. The molecule has 4 heteroatoms. The van der Waals surface area contributed by atoms with E-state index in [2.05, 4.69) is 24.1 Å². The molecular formula is C18H23NO3. The number of aliphatic hydroxyl groups excluding tert-OH is 2. The van der Waals surface area contributed by atoms with Crippen LogP contribution < -0.4 is 4.74 Å². The van der Waals surface area contributed by atoms with Crippen LogP contribution in [0.1, 0.15) is 29.5 Å². The summed E-state index contributed by atoms with van der Waals surface area (Å²) in [6, 6.07) is 4.13. The van der Waals surface area contributed by atoms with E-state index in [-0.39, 0.29) is 18.1 Å². The quantitative estimate of drug-likeness (QED) is 0.773. The van der Waals surface area contributed by atoms with Crippen molar-refractivity contribution in [3.63, 3.8) is 0 Å². The minimum atomic E-state index is -0.369. The molecule has 3 aliphatic rings. The average molecular weight is 301 g/mol. The number of rotatable bonds is 1. The van der Waals surface area contributed by atoms with E-state index in [0.29, 0.717) is 12.5 Å². The van der Waals surface area contributed by atoms with Crippen molar-refractivity contribution in [1.82, 2.24) is 4.90 Å². The van der Waals surface area contributed by atoms with Crippen LogP contribution in [0.3, 0.4) is 0 Å². The van der Waals surface area contributed by atoms with Crippen LogP contribution in [0.5, 0.6) is 5.75 Å². The molecule has 0 fully saturated rings. The van der Waals surface area contributed by atoms with Gasteiger partial charge in [-0.1, -0.05) is 24.3 Å². The van der Waals surface area contributed by atoms with Gasteiger partial charge in [0, 0.05) is 29.0 Å².